The van der Waals surface area contributed by atoms with Crippen molar-refractivity contribution in [3.05, 3.63) is 29.8 Å². The SMILES string of the molecule is CCC1(S(=O)(=O)c2ccc(C(F)(F)F)cc2)CCC1. The van der Waals surface area contributed by atoms with Crippen LogP contribution in [0.25, 0.3) is 0 Å². The van der Waals surface area contributed by atoms with Crippen LogP contribution in [0.3, 0.4) is 0 Å². The van der Waals surface area contributed by atoms with Gasteiger partial charge in [-0.15, -0.1) is 0 Å². The monoisotopic (exact) mass is 292 g/mol. The molecule has 0 N–H and O–H groups in total. The summed E-state index contributed by atoms with van der Waals surface area (Å²) in [5.74, 6) is 0. The van der Waals surface area contributed by atoms with Crippen LogP contribution in [-0.4, -0.2) is 13.2 Å². The van der Waals surface area contributed by atoms with Gasteiger partial charge in [-0.1, -0.05) is 13.3 Å². The Bertz CT molecular complexity index is 549. The van der Waals surface area contributed by atoms with Crippen LogP contribution in [-0.2, 0) is 16.0 Å². The van der Waals surface area contributed by atoms with Crippen LogP contribution in [0.4, 0.5) is 13.2 Å². The Morgan fingerprint density at radius 3 is 2.00 bits per heavy atom. The Morgan fingerprint density at radius 1 is 1.16 bits per heavy atom. The summed E-state index contributed by atoms with van der Waals surface area (Å²) >= 11 is 0. The highest BCUT2D eigenvalue weighted by Crippen LogP contribution is 2.45. The van der Waals surface area contributed by atoms with Crippen molar-refractivity contribution in [2.24, 2.45) is 0 Å². The van der Waals surface area contributed by atoms with E-state index in [1.54, 1.807) is 6.92 Å². The third-order valence-electron chi connectivity index (χ3n) is 3.97. The van der Waals surface area contributed by atoms with E-state index in [9.17, 15) is 21.6 Å². The van der Waals surface area contributed by atoms with Crippen molar-refractivity contribution in [2.45, 2.75) is 48.4 Å². The van der Waals surface area contributed by atoms with E-state index in [0.29, 0.717) is 19.3 Å². The third-order valence-corrected chi connectivity index (χ3v) is 6.70. The maximum absolute atomic E-state index is 12.4. The Morgan fingerprint density at radius 2 is 1.68 bits per heavy atom. The summed E-state index contributed by atoms with van der Waals surface area (Å²) in [5, 5.41) is 0. The minimum atomic E-state index is -4.44. The topological polar surface area (TPSA) is 34.1 Å². The van der Waals surface area contributed by atoms with Gasteiger partial charge in [-0.05, 0) is 43.5 Å². The molecule has 0 heterocycles. The highest BCUT2D eigenvalue weighted by atomic mass is 32.2. The lowest BCUT2D eigenvalue weighted by atomic mass is 9.82. The average molecular weight is 292 g/mol. The molecule has 1 saturated carbocycles. The van der Waals surface area contributed by atoms with Crippen LogP contribution >= 0.6 is 0 Å². The van der Waals surface area contributed by atoms with E-state index >= 15 is 0 Å². The fourth-order valence-corrected chi connectivity index (χ4v) is 4.66. The van der Waals surface area contributed by atoms with Crippen LogP contribution < -0.4 is 0 Å². The first-order valence-electron chi connectivity index (χ1n) is 6.15. The molecule has 0 atom stereocenters. The predicted octanol–water partition coefficient (Wildman–Crippen LogP) is 3.81. The number of hydrogen-bond acceptors (Lipinski definition) is 2. The second kappa shape index (κ2) is 4.51. The maximum atomic E-state index is 12.4. The molecule has 6 heteroatoms. The summed E-state index contributed by atoms with van der Waals surface area (Å²) in [4.78, 5) is -0.0120. The molecule has 1 aliphatic rings. The summed E-state index contributed by atoms with van der Waals surface area (Å²) in [7, 11) is -3.54. The van der Waals surface area contributed by atoms with Gasteiger partial charge in [0, 0.05) is 0 Å². The van der Waals surface area contributed by atoms with Gasteiger partial charge >= 0.3 is 6.18 Å². The van der Waals surface area contributed by atoms with E-state index in [1.807, 2.05) is 0 Å². The van der Waals surface area contributed by atoms with Gasteiger partial charge < -0.3 is 0 Å². The number of rotatable bonds is 3. The second-order valence-electron chi connectivity index (χ2n) is 4.92. The van der Waals surface area contributed by atoms with Crippen molar-refractivity contribution in [2.75, 3.05) is 0 Å². The van der Waals surface area contributed by atoms with Crippen LogP contribution in [0.5, 0.6) is 0 Å². The van der Waals surface area contributed by atoms with Gasteiger partial charge in [0.25, 0.3) is 0 Å². The van der Waals surface area contributed by atoms with Gasteiger partial charge in [-0.2, -0.15) is 13.2 Å². The molecular weight excluding hydrogens is 277 g/mol. The third kappa shape index (κ3) is 2.26. The van der Waals surface area contributed by atoms with Crippen molar-refractivity contribution in [1.82, 2.24) is 0 Å². The lowest BCUT2D eigenvalue weighted by Crippen LogP contribution is -2.44. The minimum Gasteiger partial charge on any atom is -0.223 e. The van der Waals surface area contributed by atoms with Crippen LogP contribution in [0.1, 0.15) is 38.2 Å². The van der Waals surface area contributed by atoms with Gasteiger partial charge in [0.2, 0.25) is 0 Å². The number of alkyl halides is 3. The summed E-state index contributed by atoms with van der Waals surface area (Å²) in [6.45, 7) is 1.81. The molecule has 106 valence electrons. The maximum Gasteiger partial charge on any atom is 0.416 e. The Labute approximate surface area is 110 Å². The first kappa shape index (κ1) is 14.4. The summed E-state index contributed by atoms with van der Waals surface area (Å²) in [6, 6.07) is 3.78. The smallest absolute Gasteiger partial charge is 0.223 e. The molecule has 0 aliphatic heterocycles. The number of benzene rings is 1. The van der Waals surface area contributed by atoms with E-state index in [1.165, 1.54) is 0 Å². The van der Waals surface area contributed by atoms with E-state index < -0.39 is 26.3 Å². The van der Waals surface area contributed by atoms with E-state index in [4.69, 9.17) is 0 Å². The minimum absolute atomic E-state index is 0.0120. The molecule has 1 fully saturated rings. The number of hydrogen-bond donors (Lipinski definition) is 0. The molecule has 0 aromatic heterocycles. The zero-order valence-electron chi connectivity index (χ0n) is 10.5. The predicted molar refractivity (Wildman–Crippen MR) is 65.5 cm³/mol. The molecule has 0 radical (unpaired) electrons. The van der Waals surface area contributed by atoms with Crippen molar-refractivity contribution in [3.8, 4) is 0 Å². The highest BCUT2D eigenvalue weighted by molar-refractivity contribution is 7.92. The summed E-state index contributed by atoms with van der Waals surface area (Å²) in [5.41, 5.74) is -0.828. The highest BCUT2D eigenvalue weighted by Gasteiger charge is 2.48. The van der Waals surface area contributed by atoms with Gasteiger partial charge in [0.05, 0.1) is 15.2 Å². The van der Waals surface area contributed by atoms with E-state index in [2.05, 4.69) is 0 Å². The van der Waals surface area contributed by atoms with Crippen molar-refractivity contribution < 1.29 is 21.6 Å². The Balaban J connectivity index is 2.37. The fourth-order valence-electron chi connectivity index (χ4n) is 2.46. The van der Waals surface area contributed by atoms with Crippen LogP contribution in [0.15, 0.2) is 29.2 Å². The molecule has 0 amide bonds. The second-order valence-corrected chi connectivity index (χ2v) is 7.26. The zero-order valence-corrected chi connectivity index (χ0v) is 11.3. The standard InChI is InChI=1S/C13H15F3O2S/c1-2-12(8-3-9-12)19(17,18)11-6-4-10(5-7-11)13(14,15)16/h4-7H,2-3,8-9H2,1H3. The largest absolute Gasteiger partial charge is 0.416 e. The Hall–Kier alpha value is -1.04. The molecular formula is C13H15F3O2S. The summed E-state index contributed by atoms with van der Waals surface area (Å²) < 4.78 is 61.5. The molecule has 0 bridgehead atoms. The van der Waals surface area contributed by atoms with Crippen LogP contribution in [0.2, 0.25) is 0 Å². The molecule has 0 unspecified atom stereocenters. The normalized spacial score (nSPS) is 18.9. The first-order valence-corrected chi connectivity index (χ1v) is 7.63. The van der Waals surface area contributed by atoms with Crippen molar-refractivity contribution in [3.63, 3.8) is 0 Å². The molecule has 0 saturated heterocycles. The Kier molecular flexibility index (Phi) is 3.41. The fraction of sp³-hybridized carbons (Fsp3) is 0.538. The molecule has 1 aromatic carbocycles. The van der Waals surface area contributed by atoms with Crippen molar-refractivity contribution in [1.29, 1.82) is 0 Å². The first-order chi connectivity index (χ1) is 8.73. The van der Waals surface area contributed by atoms with Crippen LogP contribution in [0, 0.1) is 0 Å². The molecule has 1 aliphatic carbocycles. The molecule has 2 rings (SSSR count). The summed E-state index contributed by atoms with van der Waals surface area (Å²) in [6.07, 6.45) is -1.91. The lowest BCUT2D eigenvalue weighted by molar-refractivity contribution is -0.137. The van der Waals surface area contributed by atoms with E-state index in [-0.39, 0.29) is 4.90 Å². The quantitative estimate of drug-likeness (QED) is 0.849. The van der Waals surface area contributed by atoms with Gasteiger partial charge in [-0.3, -0.25) is 0 Å². The van der Waals surface area contributed by atoms with Gasteiger partial charge in [0.15, 0.2) is 9.84 Å². The molecule has 19 heavy (non-hydrogen) atoms. The average Bonchev–Trinajstić information content (AvgIpc) is 2.27. The van der Waals surface area contributed by atoms with Gasteiger partial charge in [0.1, 0.15) is 0 Å². The number of sulfone groups is 1. The molecule has 2 nitrogen and oxygen atoms in total. The van der Waals surface area contributed by atoms with E-state index in [0.717, 1.165) is 30.7 Å². The molecule has 0 spiro atoms. The lowest BCUT2D eigenvalue weighted by Gasteiger charge is -2.40. The number of halogens is 3. The zero-order chi connectivity index (χ0) is 14.3. The van der Waals surface area contributed by atoms with Gasteiger partial charge in [-0.25, -0.2) is 8.42 Å². The molecule has 1 aromatic rings. The van der Waals surface area contributed by atoms with Crippen molar-refractivity contribution >= 4 is 9.84 Å².